The molecule has 0 fully saturated rings. The molecule has 0 aliphatic carbocycles. The van der Waals surface area contributed by atoms with Crippen LogP contribution in [0.4, 0.5) is 0 Å². The van der Waals surface area contributed by atoms with Crippen LogP contribution in [0.3, 0.4) is 0 Å². The fourth-order valence-corrected chi connectivity index (χ4v) is 3.15. The summed E-state index contributed by atoms with van der Waals surface area (Å²) in [7, 11) is 4.52. The second kappa shape index (κ2) is 9.25. The molecule has 1 aromatic carbocycles. The maximum absolute atomic E-state index is 12.6. The molecule has 8 heteroatoms. The summed E-state index contributed by atoms with van der Waals surface area (Å²) >= 11 is 6.53. The molecule has 0 aliphatic heterocycles. The van der Waals surface area contributed by atoms with Crippen LogP contribution in [0.2, 0.25) is 5.02 Å². The number of ether oxygens (including phenoxy) is 3. The lowest BCUT2D eigenvalue weighted by Crippen LogP contribution is -2.22. The average Bonchev–Trinajstić information content (AvgIpc) is 2.77. The summed E-state index contributed by atoms with van der Waals surface area (Å²) in [5.41, 5.74) is 2.61. The predicted octanol–water partition coefficient (Wildman–Crippen LogP) is 3.75. The Bertz CT molecular complexity index is 1010. The number of methoxy groups -OCH3 is 3. The summed E-state index contributed by atoms with van der Waals surface area (Å²) in [6, 6.07) is 7.11. The third-order valence-corrected chi connectivity index (χ3v) is 4.66. The zero-order chi connectivity index (χ0) is 20.8. The molecule has 0 radical (unpaired) electrons. The third-order valence-electron chi connectivity index (χ3n) is 4.28. The van der Waals surface area contributed by atoms with Crippen molar-refractivity contribution in [3.8, 4) is 28.4 Å². The van der Waals surface area contributed by atoms with Gasteiger partial charge >= 0.3 is 0 Å². The largest absolute Gasteiger partial charge is 0.493 e. The molecule has 7 nitrogen and oxygen atoms in total. The van der Waals surface area contributed by atoms with Crippen molar-refractivity contribution >= 4 is 17.5 Å². The van der Waals surface area contributed by atoms with E-state index in [1.807, 2.05) is 12.1 Å². The molecule has 2 heterocycles. The maximum Gasteiger partial charge on any atom is 0.253 e. The van der Waals surface area contributed by atoms with E-state index in [1.54, 1.807) is 30.7 Å². The minimum Gasteiger partial charge on any atom is -0.493 e. The van der Waals surface area contributed by atoms with Crippen molar-refractivity contribution in [2.24, 2.45) is 0 Å². The third kappa shape index (κ3) is 4.41. The molecule has 3 rings (SSSR count). The molecule has 3 aromatic rings. The van der Waals surface area contributed by atoms with Crippen molar-refractivity contribution in [2.45, 2.75) is 6.54 Å². The molecule has 0 atom stereocenters. The van der Waals surface area contributed by atoms with Crippen molar-refractivity contribution in [3.05, 3.63) is 65.2 Å². The molecule has 1 amide bonds. The van der Waals surface area contributed by atoms with E-state index in [9.17, 15) is 4.79 Å². The highest BCUT2D eigenvalue weighted by molar-refractivity contribution is 6.35. The van der Waals surface area contributed by atoms with E-state index in [0.29, 0.717) is 45.5 Å². The summed E-state index contributed by atoms with van der Waals surface area (Å²) in [5.74, 6) is 0.940. The first-order valence-electron chi connectivity index (χ1n) is 8.70. The number of pyridine rings is 2. The van der Waals surface area contributed by atoms with E-state index in [2.05, 4.69) is 15.3 Å². The van der Waals surface area contributed by atoms with E-state index < -0.39 is 0 Å². The first-order valence-corrected chi connectivity index (χ1v) is 9.07. The maximum atomic E-state index is 12.6. The van der Waals surface area contributed by atoms with Gasteiger partial charge in [-0.2, -0.15) is 0 Å². The summed E-state index contributed by atoms with van der Waals surface area (Å²) in [5, 5.41) is 3.20. The van der Waals surface area contributed by atoms with Crippen molar-refractivity contribution in [1.82, 2.24) is 15.3 Å². The van der Waals surface area contributed by atoms with Crippen LogP contribution in [0.25, 0.3) is 11.1 Å². The van der Waals surface area contributed by atoms with Gasteiger partial charge in [0.25, 0.3) is 5.91 Å². The lowest BCUT2D eigenvalue weighted by atomic mass is 10.0. The van der Waals surface area contributed by atoms with Gasteiger partial charge in [0.1, 0.15) is 0 Å². The number of amides is 1. The molecule has 1 N–H and O–H groups in total. The summed E-state index contributed by atoms with van der Waals surface area (Å²) in [6.45, 7) is 0.385. The monoisotopic (exact) mass is 413 g/mol. The zero-order valence-electron chi connectivity index (χ0n) is 16.2. The fourth-order valence-electron chi connectivity index (χ4n) is 2.83. The number of halogens is 1. The Morgan fingerprint density at radius 2 is 1.72 bits per heavy atom. The van der Waals surface area contributed by atoms with Gasteiger partial charge in [0, 0.05) is 42.5 Å². The molecule has 0 bridgehead atoms. The number of aromatic nitrogens is 2. The highest BCUT2D eigenvalue weighted by atomic mass is 35.5. The number of hydrogen-bond acceptors (Lipinski definition) is 6. The molecule has 0 saturated heterocycles. The topological polar surface area (TPSA) is 82.6 Å². The van der Waals surface area contributed by atoms with Crippen LogP contribution in [-0.2, 0) is 6.54 Å². The molecule has 29 heavy (non-hydrogen) atoms. The van der Waals surface area contributed by atoms with Crippen LogP contribution >= 0.6 is 11.6 Å². The van der Waals surface area contributed by atoms with E-state index >= 15 is 0 Å². The van der Waals surface area contributed by atoms with Gasteiger partial charge in [-0.1, -0.05) is 11.6 Å². The van der Waals surface area contributed by atoms with Gasteiger partial charge < -0.3 is 19.5 Å². The smallest absolute Gasteiger partial charge is 0.253 e. The number of carbonyl (C=O) groups is 1. The van der Waals surface area contributed by atoms with Crippen molar-refractivity contribution < 1.29 is 19.0 Å². The standard InChI is InChI=1S/C21H20ClN3O4/c1-27-17-9-16(18(22)20(29-3)19(17)28-2)14-8-15(12-24-11-14)21(26)25-10-13-4-6-23-7-5-13/h4-9,11-12H,10H2,1-3H3,(H,25,26). The second-order valence-electron chi connectivity index (χ2n) is 6.01. The Morgan fingerprint density at radius 3 is 2.38 bits per heavy atom. The number of benzene rings is 1. The fraction of sp³-hybridized carbons (Fsp3) is 0.190. The minimum atomic E-state index is -0.250. The second-order valence-corrected chi connectivity index (χ2v) is 6.39. The van der Waals surface area contributed by atoms with E-state index in [4.69, 9.17) is 25.8 Å². The predicted molar refractivity (Wildman–Crippen MR) is 110 cm³/mol. The molecule has 0 unspecified atom stereocenters. The average molecular weight is 414 g/mol. The first-order chi connectivity index (χ1) is 14.1. The number of nitrogens with zero attached hydrogens (tertiary/aromatic N) is 2. The quantitative estimate of drug-likeness (QED) is 0.635. The lowest BCUT2D eigenvalue weighted by Gasteiger charge is -2.16. The SMILES string of the molecule is COc1cc(-c2cncc(C(=O)NCc3ccncc3)c2)c(Cl)c(OC)c1OC. The van der Waals surface area contributed by atoms with E-state index in [1.165, 1.54) is 27.5 Å². The molecule has 0 aliphatic rings. The highest BCUT2D eigenvalue weighted by Gasteiger charge is 2.21. The molecule has 150 valence electrons. The zero-order valence-corrected chi connectivity index (χ0v) is 17.0. The summed E-state index contributed by atoms with van der Waals surface area (Å²) in [6.07, 6.45) is 6.47. The van der Waals surface area contributed by atoms with Crippen LogP contribution in [0.1, 0.15) is 15.9 Å². The van der Waals surface area contributed by atoms with Crippen LogP contribution < -0.4 is 19.5 Å². The number of rotatable bonds is 7. The normalized spacial score (nSPS) is 10.3. The van der Waals surface area contributed by atoms with Gasteiger partial charge in [-0.3, -0.25) is 14.8 Å². The van der Waals surface area contributed by atoms with Gasteiger partial charge in [0.15, 0.2) is 11.5 Å². The Balaban J connectivity index is 1.92. The number of carbonyl (C=O) groups excluding carboxylic acids is 1. The molecular formula is C21H20ClN3O4. The minimum absolute atomic E-state index is 0.250. The van der Waals surface area contributed by atoms with Crippen molar-refractivity contribution in [2.75, 3.05) is 21.3 Å². The highest BCUT2D eigenvalue weighted by Crippen LogP contribution is 2.47. The van der Waals surface area contributed by atoms with Crippen LogP contribution in [-0.4, -0.2) is 37.2 Å². The van der Waals surface area contributed by atoms with Gasteiger partial charge in [-0.05, 0) is 29.8 Å². The van der Waals surface area contributed by atoms with Crippen LogP contribution in [0, 0.1) is 0 Å². The Morgan fingerprint density at radius 1 is 1.00 bits per heavy atom. The van der Waals surface area contributed by atoms with Crippen molar-refractivity contribution in [3.63, 3.8) is 0 Å². The molecule has 0 saturated carbocycles. The van der Waals surface area contributed by atoms with Crippen LogP contribution in [0.5, 0.6) is 17.2 Å². The van der Waals surface area contributed by atoms with Gasteiger partial charge in [0.2, 0.25) is 5.75 Å². The molecule has 0 spiro atoms. The van der Waals surface area contributed by atoms with E-state index in [0.717, 1.165) is 5.56 Å². The summed E-state index contributed by atoms with van der Waals surface area (Å²) < 4.78 is 16.1. The summed E-state index contributed by atoms with van der Waals surface area (Å²) in [4.78, 5) is 20.7. The Hall–Kier alpha value is -3.32. The Labute approximate surface area is 173 Å². The molecule has 2 aromatic heterocycles. The Kier molecular flexibility index (Phi) is 6.51. The molecular weight excluding hydrogens is 394 g/mol. The number of hydrogen-bond donors (Lipinski definition) is 1. The number of nitrogens with one attached hydrogen (secondary N) is 1. The van der Waals surface area contributed by atoms with Gasteiger partial charge in [-0.25, -0.2) is 0 Å². The van der Waals surface area contributed by atoms with Gasteiger partial charge in [0.05, 0.1) is 31.9 Å². The lowest BCUT2D eigenvalue weighted by molar-refractivity contribution is 0.0950. The van der Waals surface area contributed by atoms with E-state index in [-0.39, 0.29) is 5.91 Å². The van der Waals surface area contributed by atoms with Gasteiger partial charge in [-0.15, -0.1) is 0 Å². The van der Waals surface area contributed by atoms with Crippen molar-refractivity contribution in [1.29, 1.82) is 0 Å². The van der Waals surface area contributed by atoms with Crippen LogP contribution in [0.15, 0.2) is 49.1 Å². The first kappa shape index (κ1) is 20.4.